The van der Waals surface area contributed by atoms with E-state index in [2.05, 4.69) is 26.8 Å². The molecule has 30 heavy (non-hydrogen) atoms. The molecule has 2 aromatic carbocycles. The van der Waals surface area contributed by atoms with Gasteiger partial charge in [0.25, 0.3) is 0 Å². The summed E-state index contributed by atoms with van der Waals surface area (Å²) in [6.07, 6.45) is 4.95. The fourth-order valence-corrected chi connectivity index (χ4v) is 2.91. The Kier molecular flexibility index (Phi) is 8.69. The molecule has 2 rings (SSSR count). The Balaban J connectivity index is 1.93. The minimum absolute atomic E-state index is 0.0436. The summed E-state index contributed by atoms with van der Waals surface area (Å²) in [4.78, 5) is 12.5. The van der Waals surface area contributed by atoms with E-state index in [-0.39, 0.29) is 23.5 Å². The van der Waals surface area contributed by atoms with Crippen molar-refractivity contribution < 1.29 is 24.9 Å². The van der Waals surface area contributed by atoms with Crippen LogP contribution in [0.5, 0.6) is 17.2 Å². The number of allylic oxidation sites excluding steroid dienone is 3. The highest BCUT2D eigenvalue weighted by molar-refractivity contribution is 6.01. The van der Waals surface area contributed by atoms with Crippen LogP contribution < -0.4 is 4.74 Å². The lowest BCUT2D eigenvalue weighted by atomic mass is 9.99. The highest BCUT2D eigenvalue weighted by atomic mass is 16.5. The van der Waals surface area contributed by atoms with Crippen molar-refractivity contribution in [1.29, 1.82) is 0 Å². The summed E-state index contributed by atoms with van der Waals surface area (Å²) in [6.45, 7) is 6.58. The van der Waals surface area contributed by atoms with Gasteiger partial charge in [-0.05, 0) is 69.5 Å². The molecule has 0 fully saturated rings. The van der Waals surface area contributed by atoms with Crippen LogP contribution in [0.2, 0.25) is 0 Å². The molecule has 0 bridgehead atoms. The fraction of sp³-hybridized carbons (Fsp3) is 0.320. The lowest BCUT2D eigenvalue weighted by Crippen LogP contribution is -2.23. The summed E-state index contributed by atoms with van der Waals surface area (Å²) in [5, 5.41) is 29.8. The molecule has 0 aliphatic carbocycles. The molecule has 0 amide bonds. The van der Waals surface area contributed by atoms with Gasteiger partial charge >= 0.3 is 0 Å². The molecule has 0 spiro atoms. The van der Waals surface area contributed by atoms with E-state index < -0.39 is 11.9 Å². The second-order valence-corrected chi connectivity index (χ2v) is 7.61. The third kappa shape index (κ3) is 7.41. The predicted molar refractivity (Wildman–Crippen MR) is 118 cm³/mol. The van der Waals surface area contributed by atoms with Gasteiger partial charge < -0.3 is 20.1 Å². The summed E-state index contributed by atoms with van der Waals surface area (Å²) in [5.74, 6) is -0.232. The zero-order valence-electron chi connectivity index (χ0n) is 17.8. The molecule has 0 aliphatic rings. The third-order valence-electron chi connectivity index (χ3n) is 4.68. The van der Waals surface area contributed by atoms with Crippen molar-refractivity contribution in [2.75, 3.05) is 6.61 Å². The molecule has 3 N–H and O–H groups in total. The largest absolute Gasteiger partial charge is 0.508 e. The first-order chi connectivity index (χ1) is 14.3. The number of hydrogen-bond donors (Lipinski definition) is 3. The number of benzene rings is 2. The Hall–Kier alpha value is -3.05. The van der Waals surface area contributed by atoms with Crippen molar-refractivity contribution in [1.82, 2.24) is 0 Å². The number of aliphatic hydroxyl groups excluding tert-OH is 1. The van der Waals surface area contributed by atoms with Gasteiger partial charge in [-0.25, -0.2) is 0 Å². The minimum atomic E-state index is -1.29. The molecule has 1 atom stereocenters. The van der Waals surface area contributed by atoms with Crippen molar-refractivity contribution in [2.24, 2.45) is 0 Å². The number of phenolic OH excluding ortho intramolecular Hbond substituents is 2. The van der Waals surface area contributed by atoms with Gasteiger partial charge in [-0.3, -0.25) is 4.79 Å². The second-order valence-electron chi connectivity index (χ2n) is 7.61. The number of aliphatic hydroxyl groups is 1. The van der Waals surface area contributed by atoms with E-state index in [0.717, 1.165) is 12.8 Å². The van der Waals surface area contributed by atoms with Crippen LogP contribution in [0, 0.1) is 0 Å². The van der Waals surface area contributed by atoms with E-state index in [4.69, 9.17) is 4.74 Å². The van der Waals surface area contributed by atoms with E-state index in [9.17, 15) is 20.1 Å². The van der Waals surface area contributed by atoms with Crippen LogP contribution in [0.4, 0.5) is 0 Å². The first-order valence-corrected chi connectivity index (χ1v) is 10.0. The number of aromatic hydroxyl groups is 2. The van der Waals surface area contributed by atoms with Gasteiger partial charge in [0.2, 0.25) is 0 Å². The number of ketones is 1. The normalized spacial score (nSPS) is 12.3. The van der Waals surface area contributed by atoms with Crippen LogP contribution in [-0.2, 0) is 6.42 Å². The maximum atomic E-state index is 12.5. The Labute approximate surface area is 178 Å². The molecule has 0 radical (unpaired) electrons. The molecule has 0 saturated heterocycles. The molecule has 0 aliphatic heterocycles. The van der Waals surface area contributed by atoms with Gasteiger partial charge in [-0.2, -0.15) is 0 Å². The van der Waals surface area contributed by atoms with E-state index in [1.54, 1.807) is 18.2 Å². The van der Waals surface area contributed by atoms with Crippen LogP contribution in [0.1, 0.15) is 49.5 Å². The van der Waals surface area contributed by atoms with Gasteiger partial charge in [-0.15, -0.1) is 0 Å². The number of Topliss-reactive ketones (excluding diaryl/α,β-unsaturated/α-hetero) is 1. The second kappa shape index (κ2) is 11.2. The number of carbonyl (C=O) groups is 1. The van der Waals surface area contributed by atoms with E-state index in [1.165, 1.54) is 35.4 Å². The van der Waals surface area contributed by atoms with E-state index in [0.29, 0.717) is 17.9 Å². The summed E-state index contributed by atoms with van der Waals surface area (Å²) < 4.78 is 5.64. The molecular weight excluding hydrogens is 380 g/mol. The van der Waals surface area contributed by atoms with Crippen molar-refractivity contribution in [3.63, 3.8) is 0 Å². The SMILES string of the molecule is CC(C)=CCCC(C)=CCOc1ccc(C(=O)[C@H](O)Cc2ccc(O)cc2)c(O)c1. The van der Waals surface area contributed by atoms with E-state index in [1.807, 2.05) is 6.08 Å². The van der Waals surface area contributed by atoms with Crippen LogP contribution >= 0.6 is 0 Å². The minimum Gasteiger partial charge on any atom is -0.508 e. The number of rotatable bonds is 10. The number of phenols is 2. The Morgan fingerprint density at radius 3 is 2.37 bits per heavy atom. The molecule has 0 aromatic heterocycles. The van der Waals surface area contributed by atoms with Crippen molar-refractivity contribution >= 4 is 5.78 Å². The van der Waals surface area contributed by atoms with Crippen molar-refractivity contribution in [3.05, 3.63) is 76.9 Å². The van der Waals surface area contributed by atoms with Gasteiger partial charge in [0.1, 0.15) is 30.0 Å². The van der Waals surface area contributed by atoms with Crippen molar-refractivity contribution in [3.8, 4) is 17.2 Å². The molecule has 2 aromatic rings. The Bertz CT molecular complexity index is 906. The first kappa shape index (κ1) is 23.2. The van der Waals surface area contributed by atoms with Crippen LogP contribution in [-0.4, -0.2) is 33.8 Å². The van der Waals surface area contributed by atoms with Crippen LogP contribution in [0.3, 0.4) is 0 Å². The standard InChI is InChI=1S/C25H30O5/c1-17(2)5-4-6-18(3)13-14-30-21-11-12-22(23(27)16-21)25(29)24(28)15-19-7-9-20(26)10-8-19/h5,7-13,16,24,26-28H,4,6,14-15H2,1-3H3/t24-/m1/s1. The lowest BCUT2D eigenvalue weighted by Gasteiger charge is -2.12. The summed E-state index contributed by atoms with van der Waals surface area (Å²) in [7, 11) is 0. The highest BCUT2D eigenvalue weighted by Crippen LogP contribution is 2.26. The Morgan fingerprint density at radius 1 is 1.03 bits per heavy atom. The predicted octanol–water partition coefficient (Wildman–Crippen LogP) is 4.96. The van der Waals surface area contributed by atoms with Crippen LogP contribution in [0.25, 0.3) is 0 Å². The van der Waals surface area contributed by atoms with Gasteiger partial charge in [0.15, 0.2) is 5.78 Å². The summed E-state index contributed by atoms with van der Waals surface area (Å²) >= 11 is 0. The first-order valence-electron chi connectivity index (χ1n) is 10.0. The molecule has 0 heterocycles. The summed E-state index contributed by atoms with van der Waals surface area (Å²) in [5.41, 5.74) is 3.28. The average molecular weight is 411 g/mol. The quantitative estimate of drug-likeness (QED) is 0.381. The van der Waals surface area contributed by atoms with E-state index >= 15 is 0 Å². The maximum Gasteiger partial charge on any atom is 0.195 e. The summed E-state index contributed by atoms with van der Waals surface area (Å²) in [6, 6.07) is 10.7. The molecular formula is C25H30O5. The van der Waals surface area contributed by atoms with Crippen molar-refractivity contribution in [2.45, 2.75) is 46.1 Å². The Morgan fingerprint density at radius 2 is 1.73 bits per heavy atom. The zero-order valence-corrected chi connectivity index (χ0v) is 17.8. The third-order valence-corrected chi connectivity index (χ3v) is 4.68. The van der Waals surface area contributed by atoms with Gasteiger partial charge in [-0.1, -0.05) is 29.4 Å². The van der Waals surface area contributed by atoms with Gasteiger partial charge in [0, 0.05) is 12.5 Å². The average Bonchev–Trinajstić information content (AvgIpc) is 2.69. The lowest BCUT2D eigenvalue weighted by molar-refractivity contribution is 0.0745. The molecule has 0 saturated carbocycles. The maximum absolute atomic E-state index is 12.5. The zero-order chi connectivity index (χ0) is 22.1. The van der Waals surface area contributed by atoms with Crippen LogP contribution in [0.15, 0.2) is 65.8 Å². The topological polar surface area (TPSA) is 87.0 Å². The highest BCUT2D eigenvalue weighted by Gasteiger charge is 2.21. The molecule has 0 unspecified atom stereocenters. The number of ether oxygens (including phenoxy) is 1. The smallest absolute Gasteiger partial charge is 0.195 e. The fourth-order valence-electron chi connectivity index (χ4n) is 2.91. The monoisotopic (exact) mass is 410 g/mol. The van der Waals surface area contributed by atoms with Gasteiger partial charge in [0.05, 0.1) is 5.56 Å². The molecule has 5 nitrogen and oxygen atoms in total. The number of carbonyl (C=O) groups excluding carboxylic acids is 1. The molecule has 5 heteroatoms. The number of hydrogen-bond acceptors (Lipinski definition) is 5. The molecule has 160 valence electrons.